The van der Waals surface area contributed by atoms with Crippen LogP contribution in [0.2, 0.25) is 0 Å². The highest BCUT2D eigenvalue weighted by Gasteiger charge is 2.27. The fourth-order valence-corrected chi connectivity index (χ4v) is 2.32. The Bertz CT molecular complexity index is 474. The van der Waals surface area contributed by atoms with E-state index in [1.54, 1.807) is 11.9 Å². The Morgan fingerprint density at radius 3 is 2.71 bits per heavy atom. The van der Waals surface area contributed by atoms with Crippen molar-refractivity contribution >= 4 is 11.7 Å². The molecule has 2 rings (SSSR count). The first-order chi connectivity index (χ1) is 8.06. The average Bonchev–Trinajstić information content (AvgIpc) is 2.66. The molecule has 0 saturated heterocycles. The number of Topliss-reactive ketones (excluding diaryl/α,β-unsaturated/α-hetero) is 1. The Balaban J connectivity index is 2.44. The fourth-order valence-electron chi connectivity index (χ4n) is 2.32. The van der Waals surface area contributed by atoms with Crippen LogP contribution in [0.1, 0.15) is 51.9 Å². The maximum Gasteiger partial charge on any atom is 0.270 e. The van der Waals surface area contributed by atoms with Crippen molar-refractivity contribution in [3.05, 3.63) is 22.5 Å². The van der Waals surface area contributed by atoms with Gasteiger partial charge in [-0.2, -0.15) is 0 Å². The van der Waals surface area contributed by atoms with E-state index >= 15 is 0 Å². The molecule has 0 aliphatic heterocycles. The van der Waals surface area contributed by atoms with Crippen molar-refractivity contribution in [3.63, 3.8) is 0 Å². The summed E-state index contributed by atoms with van der Waals surface area (Å²) >= 11 is 0. The zero-order valence-corrected chi connectivity index (χ0v) is 10.6. The standard InChI is InChI=1S/C13H18N2O2/c1-4-15(3)13(17)12-8(2)11-9(14-12)6-5-7-10(11)16/h14H,4-7H2,1-3H3. The van der Waals surface area contributed by atoms with Gasteiger partial charge in [0, 0.05) is 31.3 Å². The number of ketones is 1. The van der Waals surface area contributed by atoms with Crippen molar-refractivity contribution in [1.82, 2.24) is 9.88 Å². The molecular weight excluding hydrogens is 216 g/mol. The Labute approximate surface area is 101 Å². The zero-order valence-electron chi connectivity index (χ0n) is 10.6. The lowest BCUT2D eigenvalue weighted by Crippen LogP contribution is -2.27. The highest BCUT2D eigenvalue weighted by molar-refractivity contribution is 6.04. The molecule has 1 N–H and O–H groups in total. The van der Waals surface area contributed by atoms with Crippen molar-refractivity contribution in [2.75, 3.05) is 13.6 Å². The van der Waals surface area contributed by atoms with Gasteiger partial charge in [-0.05, 0) is 32.3 Å². The third-order valence-corrected chi connectivity index (χ3v) is 3.47. The van der Waals surface area contributed by atoms with E-state index in [0.717, 1.165) is 29.7 Å². The molecule has 1 amide bonds. The molecule has 0 bridgehead atoms. The number of carbonyl (C=O) groups excluding carboxylic acids is 2. The van der Waals surface area contributed by atoms with Gasteiger partial charge in [-0.25, -0.2) is 0 Å². The van der Waals surface area contributed by atoms with Gasteiger partial charge in [0.05, 0.1) is 0 Å². The van der Waals surface area contributed by atoms with Crippen LogP contribution in [0.5, 0.6) is 0 Å². The molecule has 4 nitrogen and oxygen atoms in total. The topological polar surface area (TPSA) is 53.2 Å². The third-order valence-electron chi connectivity index (χ3n) is 3.47. The summed E-state index contributed by atoms with van der Waals surface area (Å²) in [5.41, 5.74) is 3.08. The minimum Gasteiger partial charge on any atom is -0.354 e. The first-order valence-corrected chi connectivity index (χ1v) is 6.06. The number of nitrogens with one attached hydrogen (secondary N) is 1. The summed E-state index contributed by atoms with van der Waals surface area (Å²) in [4.78, 5) is 28.7. The number of aromatic nitrogens is 1. The molecule has 1 heterocycles. The lowest BCUT2D eigenvalue weighted by Gasteiger charge is -2.13. The molecule has 0 aromatic carbocycles. The number of fused-ring (bicyclic) bond motifs is 1. The molecule has 0 fully saturated rings. The van der Waals surface area contributed by atoms with E-state index in [4.69, 9.17) is 0 Å². The summed E-state index contributed by atoms with van der Waals surface area (Å²) in [5, 5.41) is 0. The van der Waals surface area contributed by atoms with Gasteiger partial charge >= 0.3 is 0 Å². The van der Waals surface area contributed by atoms with Crippen LogP contribution >= 0.6 is 0 Å². The Kier molecular flexibility index (Phi) is 3.05. The predicted octanol–water partition coefficient (Wildman–Crippen LogP) is 1.93. The SMILES string of the molecule is CCN(C)C(=O)c1[nH]c2c(c1C)C(=O)CCC2. The van der Waals surface area contributed by atoms with Crippen molar-refractivity contribution in [1.29, 1.82) is 0 Å². The first kappa shape index (κ1) is 11.9. The molecule has 0 spiro atoms. The highest BCUT2D eigenvalue weighted by atomic mass is 16.2. The van der Waals surface area contributed by atoms with E-state index < -0.39 is 0 Å². The fraction of sp³-hybridized carbons (Fsp3) is 0.538. The number of hydrogen-bond acceptors (Lipinski definition) is 2. The molecule has 1 aliphatic carbocycles. The van der Waals surface area contributed by atoms with E-state index in [9.17, 15) is 9.59 Å². The normalized spacial score (nSPS) is 14.6. The van der Waals surface area contributed by atoms with Gasteiger partial charge in [0.25, 0.3) is 5.91 Å². The van der Waals surface area contributed by atoms with E-state index in [-0.39, 0.29) is 11.7 Å². The lowest BCUT2D eigenvalue weighted by molar-refractivity contribution is 0.0796. The smallest absolute Gasteiger partial charge is 0.270 e. The van der Waals surface area contributed by atoms with Crippen LogP contribution in [-0.2, 0) is 6.42 Å². The molecule has 4 heteroatoms. The van der Waals surface area contributed by atoms with Crippen molar-refractivity contribution < 1.29 is 9.59 Å². The van der Waals surface area contributed by atoms with Gasteiger partial charge in [0.2, 0.25) is 0 Å². The summed E-state index contributed by atoms with van der Waals surface area (Å²) in [6.07, 6.45) is 2.34. The number of hydrogen-bond donors (Lipinski definition) is 1. The zero-order chi connectivity index (χ0) is 12.6. The van der Waals surface area contributed by atoms with E-state index in [2.05, 4.69) is 4.98 Å². The molecule has 0 saturated carbocycles. The largest absolute Gasteiger partial charge is 0.354 e. The second-order valence-electron chi connectivity index (χ2n) is 4.57. The second-order valence-corrected chi connectivity index (χ2v) is 4.57. The number of nitrogens with zero attached hydrogens (tertiary/aromatic N) is 1. The number of H-pyrrole nitrogens is 1. The Morgan fingerprint density at radius 2 is 2.12 bits per heavy atom. The quantitative estimate of drug-likeness (QED) is 0.850. The molecule has 0 atom stereocenters. The van der Waals surface area contributed by atoms with Crippen LogP contribution < -0.4 is 0 Å². The van der Waals surface area contributed by atoms with Gasteiger partial charge in [0.15, 0.2) is 5.78 Å². The second kappa shape index (κ2) is 4.35. The van der Waals surface area contributed by atoms with Gasteiger partial charge in [-0.1, -0.05) is 0 Å². The van der Waals surface area contributed by atoms with Gasteiger partial charge < -0.3 is 9.88 Å². The van der Waals surface area contributed by atoms with Crippen molar-refractivity contribution in [2.24, 2.45) is 0 Å². The summed E-state index contributed by atoms with van der Waals surface area (Å²) in [6.45, 7) is 4.45. The van der Waals surface area contributed by atoms with Gasteiger partial charge in [-0.3, -0.25) is 9.59 Å². The lowest BCUT2D eigenvalue weighted by atomic mass is 9.94. The van der Waals surface area contributed by atoms with Crippen LogP contribution in [0.25, 0.3) is 0 Å². The Morgan fingerprint density at radius 1 is 1.41 bits per heavy atom. The van der Waals surface area contributed by atoms with E-state index in [0.29, 0.717) is 18.7 Å². The van der Waals surface area contributed by atoms with Crippen LogP contribution in [0.3, 0.4) is 0 Å². The summed E-state index contributed by atoms with van der Waals surface area (Å²) < 4.78 is 0. The number of rotatable bonds is 2. The third kappa shape index (κ3) is 1.88. The van der Waals surface area contributed by atoms with Crippen molar-refractivity contribution in [2.45, 2.75) is 33.1 Å². The van der Waals surface area contributed by atoms with Crippen LogP contribution in [0.4, 0.5) is 0 Å². The van der Waals surface area contributed by atoms with Crippen LogP contribution in [0, 0.1) is 6.92 Å². The van der Waals surface area contributed by atoms with Crippen LogP contribution in [0.15, 0.2) is 0 Å². The summed E-state index contributed by atoms with van der Waals surface area (Å²) in [7, 11) is 1.77. The molecule has 0 radical (unpaired) electrons. The maximum absolute atomic E-state index is 12.1. The summed E-state index contributed by atoms with van der Waals surface area (Å²) in [5.74, 6) is 0.130. The number of aryl methyl sites for hydroxylation is 1. The highest BCUT2D eigenvalue weighted by Crippen LogP contribution is 2.26. The van der Waals surface area contributed by atoms with Crippen molar-refractivity contribution in [3.8, 4) is 0 Å². The minimum atomic E-state index is -0.0350. The van der Waals surface area contributed by atoms with Gasteiger partial charge in [-0.15, -0.1) is 0 Å². The number of aromatic amines is 1. The number of amides is 1. The molecule has 1 aromatic heterocycles. The number of carbonyl (C=O) groups is 2. The van der Waals surface area contributed by atoms with Gasteiger partial charge in [0.1, 0.15) is 5.69 Å². The molecule has 1 aliphatic rings. The minimum absolute atomic E-state index is 0.0350. The molecular formula is C13H18N2O2. The summed E-state index contributed by atoms with van der Waals surface area (Å²) in [6, 6.07) is 0. The maximum atomic E-state index is 12.1. The Hall–Kier alpha value is -1.58. The molecule has 17 heavy (non-hydrogen) atoms. The monoisotopic (exact) mass is 234 g/mol. The van der Waals surface area contributed by atoms with E-state index in [1.165, 1.54) is 0 Å². The van der Waals surface area contributed by atoms with E-state index in [1.807, 2.05) is 13.8 Å². The average molecular weight is 234 g/mol. The van der Waals surface area contributed by atoms with Crippen LogP contribution in [-0.4, -0.2) is 35.2 Å². The predicted molar refractivity (Wildman–Crippen MR) is 65.4 cm³/mol. The molecule has 1 aromatic rings. The molecule has 0 unspecified atom stereocenters. The first-order valence-electron chi connectivity index (χ1n) is 6.06. The molecule has 92 valence electrons.